The van der Waals surface area contributed by atoms with Gasteiger partial charge >= 0.3 is 0 Å². The van der Waals surface area contributed by atoms with Crippen LogP contribution in [0.25, 0.3) is 0 Å². The first-order valence-corrected chi connectivity index (χ1v) is 7.75. The summed E-state index contributed by atoms with van der Waals surface area (Å²) in [6.07, 6.45) is 2.84. The average molecular weight is 284 g/mol. The lowest BCUT2D eigenvalue weighted by molar-refractivity contribution is 0.425. The Morgan fingerprint density at radius 3 is 2.84 bits per heavy atom. The minimum Gasteiger partial charge on any atom is -0.316 e. The van der Waals surface area contributed by atoms with Crippen LogP contribution in [0.3, 0.4) is 0 Å². The van der Waals surface area contributed by atoms with Gasteiger partial charge in [0, 0.05) is 30.9 Å². The van der Waals surface area contributed by atoms with Gasteiger partial charge < -0.3 is 5.32 Å². The van der Waals surface area contributed by atoms with E-state index in [1.807, 2.05) is 13.8 Å². The highest BCUT2D eigenvalue weighted by atomic mass is 32.2. The van der Waals surface area contributed by atoms with Crippen molar-refractivity contribution in [2.24, 2.45) is 0 Å². The third-order valence-corrected chi connectivity index (χ3v) is 5.09. The van der Waals surface area contributed by atoms with E-state index < -0.39 is 10.0 Å². The van der Waals surface area contributed by atoms with E-state index >= 15 is 0 Å². The van der Waals surface area contributed by atoms with E-state index in [9.17, 15) is 8.42 Å². The molecular weight excluding hydrogens is 264 g/mol. The van der Waals surface area contributed by atoms with Gasteiger partial charge in [-0.1, -0.05) is 11.6 Å². The number of hydrogen-bond donors (Lipinski definition) is 2. The number of aryl methyl sites for hydroxylation is 1. The first-order chi connectivity index (χ1) is 8.96. The third-order valence-electron chi connectivity index (χ3n) is 3.27. The summed E-state index contributed by atoms with van der Waals surface area (Å²) in [5.41, 5.74) is 2.59. The molecule has 0 spiro atoms. The first-order valence-electron chi connectivity index (χ1n) is 6.31. The van der Waals surface area contributed by atoms with Crippen molar-refractivity contribution in [3.05, 3.63) is 22.9 Å². The van der Waals surface area contributed by atoms with E-state index in [2.05, 4.69) is 21.6 Å². The Kier molecular flexibility index (Phi) is 4.07. The van der Waals surface area contributed by atoms with Crippen LogP contribution in [0.5, 0.6) is 0 Å². The van der Waals surface area contributed by atoms with Gasteiger partial charge in [0.05, 0.1) is 0 Å². The number of nitrogens with zero attached hydrogens (tertiary/aromatic N) is 2. The number of sulfonamides is 1. The number of rotatable bonds is 4. The summed E-state index contributed by atoms with van der Waals surface area (Å²) in [6, 6.07) is 0. The van der Waals surface area contributed by atoms with Crippen LogP contribution in [0.2, 0.25) is 0 Å². The van der Waals surface area contributed by atoms with Crippen molar-refractivity contribution in [1.29, 1.82) is 0 Å². The van der Waals surface area contributed by atoms with Crippen molar-refractivity contribution >= 4 is 10.0 Å². The lowest BCUT2D eigenvalue weighted by Gasteiger charge is -2.24. The number of nitrogens with one attached hydrogen (secondary N) is 2. The van der Waals surface area contributed by atoms with E-state index in [-0.39, 0.29) is 5.03 Å². The normalized spacial score (nSPS) is 17.5. The fourth-order valence-corrected chi connectivity index (χ4v) is 3.89. The largest absolute Gasteiger partial charge is 0.316 e. The smallest absolute Gasteiger partial charge is 0.263 e. The maximum absolute atomic E-state index is 12.6. The Labute approximate surface area is 113 Å². The van der Waals surface area contributed by atoms with Gasteiger partial charge in [-0.15, -0.1) is 0 Å². The molecule has 1 aliphatic heterocycles. The molecule has 1 aromatic heterocycles. The van der Waals surface area contributed by atoms with Gasteiger partial charge in [0.2, 0.25) is 0 Å². The monoisotopic (exact) mass is 284 g/mol. The van der Waals surface area contributed by atoms with Crippen LogP contribution in [-0.4, -0.2) is 43.1 Å². The second-order valence-corrected chi connectivity index (χ2v) is 6.69. The SMILES string of the molecule is CNCc1c(S(=O)(=O)N2CCC=C(C)C2)n[nH]c1C. The molecule has 0 bridgehead atoms. The first kappa shape index (κ1) is 14.2. The van der Waals surface area contributed by atoms with Gasteiger partial charge in [-0.25, -0.2) is 8.42 Å². The van der Waals surface area contributed by atoms with Gasteiger partial charge in [-0.2, -0.15) is 9.40 Å². The highest BCUT2D eigenvalue weighted by Gasteiger charge is 2.31. The Bertz CT molecular complexity index is 589. The van der Waals surface area contributed by atoms with Crippen LogP contribution < -0.4 is 5.32 Å². The lowest BCUT2D eigenvalue weighted by Crippen LogP contribution is -2.36. The topological polar surface area (TPSA) is 78.1 Å². The molecule has 0 atom stereocenters. The van der Waals surface area contributed by atoms with E-state index in [0.717, 1.165) is 23.3 Å². The molecule has 1 aromatic rings. The predicted octanol–water partition coefficient (Wildman–Crippen LogP) is 0.778. The van der Waals surface area contributed by atoms with Crippen LogP contribution >= 0.6 is 0 Å². The molecular formula is C12H20N4O2S. The van der Waals surface area contributed by atoms with Crippen molar-refractivity contribution in [3.8, 4) is 0 Å². The highest BCUT2D eigenvalue weighted by molar-refractivity contribution is 7.89. The Hall–Kier alpha value is -1.18. The molecule has 0 aromatic carbocycles. The summed E-state index contributed by atoms with van der Waals surface area (Å²) in [5.74, 6) is 0. The van der Waals surface area contributed by atoms with Crippen LogP contribution in [0.4, 0.5) is 0 Å². The number of hydrogen-bond acceptors (Lipinski definition) is 4. The third kappa shape index (κ3) is 2.72. The second kappa shape index (κ2) is 5.44. The van der Waals surface area contributed by atoms with Crippen molar-refractivity contribution in [2.75, 3.05) is 20.1 Å². The van der Waals surface area contributed by atoms with Crippen molar-refractivity contribution in [2.45, 2.75) is 31.8 Å². The van der Waals surface area contributed by atoms with E-state index in [1.54, 1.807) is 7.05 Å². The van der Waals surface area contributed by atoms with E-state index in [4.69, 9.17) is 0 Å². The maximum atomic E-state index is 12.6. The summed E-state index contributed by atoms with van der Waals surface area (Å²) in [7, 11) is -1.73. The summed E-state index contributed by atoms with van der Waals surface area (Å²) in [5, 5.41) is 9.89. The minimum absolute atomic E-state index is 0.147. The number of aromatic amines is 1. The quantitative estimate of drug-likeness (QED) is 0.801. The predicted molar refractivity (Wildman–Crippen MR) is 73.2 cm³/mol. The summed E-state index contributed by atoms with van der Waals surface area (Å²) in [4.78, 5) is 0. The molecule has 2 rings (SSSR count). The van der Waals surface area contributed by atoms with Crippen LogP contribution in [0.15, 0.2) is 16.7 Å². The molecule has 0 aliphatic carbocycles. The molecule has 7 heteroatoms. The number of aromatic nitrogens is 2. The fraction of sp³-hybridized carbons (Fsp3) is 0.583. The standard InChI is InChI=1S/C12H20N4O2S/c1-9-5-4-6-16(8-9)19(17,18)12-11(7-13-3)10(2)14-15-12/h5,13H,4,6-8H2,1-3H3,(H,14,15). The Morgan fingerprint density at radius 2 is 2.21 bits per heavy atom. The highest BCUT2D eigenvalue weighted by Crippen LogP contribution is 2.23. The molecule has 0 radical (unpaired) electrons. The van der Waals surface area contributed by atoms with Crippen LogP contribution in [-0.2, 0) is 16.6 Å². The van der Waals surface area contributed by atoms with Crippen molar-refractivity contribution in [3.63, 3.8) is 0 Å². The molecule has 0 unspecified atom stereocenters. The molecule has 2 heterocycles. The molecule has 0 amide bonds. The van der Waals surface area contributed by atoms with E-state index in [1.165, 1.54) is 4.31 Å². The van der Waals surface area contributed by atoms with Crippen molar-refractivity contribution < 1.29 is 8.42 Å². The molecule has 106 valence electrons. The lowest BCUT2D eigenvalue weighted by atomic mass is 10.2. The summed E-state index contributed by atoms with van der Waals surface area (Å²) in [6.45, 7) is 5.24. The Morgan fingerprint density at radius 1 is 1.47 bits per heavy atom. The molecule has 1 aliphatic rings. The summed E-state index contributed by atoms with van der Waals surface area (Å²) < 4.78 is 26.8. The maximum Gasteiger partial charge on any atom is 0.263 e. The van der Waals surface area contributed by atoms with E-state index in [0.29, 0.717) is 19.6 Å². The molecule has 0 fully saturated rings. The molecule has 0 saturated heterocycles. The van der Waals surface area contributed by atoms with Gasteiger partial charge in [0.15, 0.2) is 5.03 Å². The minimum atomic E-state index is -3.52. The number of H-pyrrole nitrogens is 1. The molecule has 0 saturated carbocycles. The van der Waals surface area contributed by atoms with Crippen LogP contribution in [0.1, 0.15) is 24.6 Å². The average Bonchev–Trinajstić information content (AvgIpc) is 2.72. The molecule has 19 heavy (non-hydrogen) atoms. The van der Waals surface area contributed by atoms with Crippen LogP contribution in [0, 0.1) is 6.92 Å². The zero-order valence-corrected chi connectivity index (χ0v) is 12.3. The zero-order chi connectivity index (χ0) is 14.0. The zero-order valence-electron chi connectivity index (χ0n) is 11.5. The summed E-state index contributed by atoms with van der Waals surface area (Å²) >= 11 is 0. The molecule has 2 N–H and O–H groups in total. The van der Waals surface area contributed by atoms with Crippen molar-refractivity contribution in [1.82, 2.24) is 19.8 Å². The van der Waals surface area contributed by atoms with Gasteiger partial charge in [0.1, 0.15) is 0 Å². The molecule has 6 nitrogen and oxygen atoms in total. The second-order valence-electron chi connectivity index (χ2n) is 4.84. The van der Waals surface area contributed by atoms with Gasteiger partial charge in [0.25, 0.3) is 10.0 Å². The van der Waals surface area contributed by atoms with Gasteiger partial charge in [-0.05, 0) is 27.3 Å². The fourth-order valence-electron chi connectivity index (χ4n) is 2.23. The van der Waals surface area contributed by atoms with Gasteiger partial charge in [-0.3, -0.25) is 5.10 Å². The Balaban J connectivity index is 2.37.